The molecule has 0 unspecified atom stereocenters. The largest absolute Gasteiger partial charge is 0.417 e. The Morgan fingerprint density at radius 3 is 1.25 bits per heavy atom. The van der Waals surface area contributed by atoms with Crippen LogP contribution < -0.4 is 22.9 Å². The van der Waals surface area contributed by atoms with Crippen molar-refractivity contribution in [2.75, 3.05) is 17.2 Å². The molecule has 0 heterocycles. The highest BCUT2D eigenvalue weighted by atomic mass is 19.4. The van der Waals surface area contributed by atoms with Crippen molar-refractivity contribution < 1.29 is 52.7 Å². The van der Waals surface area contributed by atoms with Crippen LogP contribution in [0.3, 0.4) is 0 Å². The Morgan fingerprint density at radius 2 is 0.886 bits per heavy atom. The second-order valence-electron chi connectivity index (χ2n) is 9.63. The number of halogens is 12. The highest BCUT2D eigenvalue weighted by molar-refractivity contribution is 5.77. The molecular weight excluding hydrogens is 620 g/mol. The minimum Gasteiger partial charge on any atom is -0.402 e. The molecule has 0 amide bonds. The molecule has 3 aromatic carbocycles. The molecule has 16 heteroatoms. The highest BCUT2D eigenvalue weighted by Crippen LogP contribution is 2.61. The molecule has 238 valence electrons. The molecule has 0 saturated heterocycles. The van der Waals surface area contributed by atoms with E-state index in [0.29, 0.717) is 12.1 Å². The summed E-state index contributed by atoms with van der Waals surface area (Å²) >= 11 is 0. The van der Waals surface area contributed by atoms with Crippen LogP contribution in [-0.2, 0) is 12.4 Å². The maximum Gasteiger partial charge on any atom is 0.417 e. The van der Waals surface area contributed by atoms with E-state index < -0.39 is 70.1 Å². The lowest BCUT2D eigenvalue weighted by molar-refractivity contribution is -0.316. The van der Waals surface area contributed by atoms with Gasteiger partial charge in [0, 0.05) is 29.2 Å². The summed E-state index contributed by atoms with van der Waals surface area (Å²) in [4.78, 5) is 0. The first kappa shape index (κ1) is 34.0. The van der Waals surface area contributed by atoms with E-state index in [9.17, 15) is 52.7 Å². The summed E-state index contributed by atoms with van der Waals surface area (Å²) in [5.41, 5.74) is 11.9. The van der Waals surface area contributed by atoms with E-state index >= 15 is 0 Å². The maximum absolute atomic E-state index is 13.4. The first-order chi connectivity index (χ1) is 20.0. The average molecular weight is 642 g/mol. The number of nitrogen functional groups attached to an aromatic ring is 3. The van der Waals surface area contributed by atoms with Crippen molar-refractivity contribution in [3.05, 3.63) is 95.2 Å². The molecule has 4 nitrogen and oxygen atoms in total. The smallest absolute Gasteiger partial charge is 0.402 e. The fourth-order valence-corrected chi connectivity index (χ4v) is 4.53. The van der Waals surface area contributed by atoms with E-state index in [1.54, 1.807) is 0 Å². The molecule has 0 radical (unpaired) electrons. The molecule has 3 aromatic rings. The van der Waals surface area contributed by atoms with Gasteiger partial charge in [-0.25, -0.2) is 0 Å². The molecule has 8 N–H and O–H groups in total. The van der Waals surface area contributed by atoms with Crippen LogP contribution in [0, 0.1) is 5.41 Å². The number of hydrogen-bond donors (Lipinski definition) is 4. The third-order valence-corrected chi connectivity index (χ3v) is 6.57. The molecule has 44 heavy (non-hydrogen) atoms. The molecule has 0 spiro atoms. The first-order valence-electron chi connectivity index (χ1n) is 12.1. The van der Waals surface area contributed by atoms with Crippen LogP contribution >= 0.6 is 0 Å². The summed E-state index contributed by atoms with van der Waals surface area (Å²) in [5, 5.41) is 0. The number of rotatable bonds is 2. The van der Waals surface area contributed by atoms with Crippen molar-refractivity contribution >= 4 is 22.6 Å². The molecule has 0 fully saturated rings. The van der Waals surface area contributed by atoms with E-state index in [1.807, 2.05) is 0 Å². The fourth-order valence-electron chi connectivity index (χ4n) is 4.53. The predicted molar refractivity (Wildman–Crippen MR) is 141 cm³/mol. The van der Waals surface area contributed by atoms with E-state index in [-0.39, 0.29) is 22.6 Å². The Balaban J connectivity index is 0.000000240. The van der Waals surface area contributed by atoms with Gasteiger partial charge in [0.1, 0.15) is 0 Å². The van der Waals surface area contributed by atoms with Gasteiger partial charge in [-0.3, -0.25) is 0 Å². The van der Waals surface area contributed by atoms with E-state index in [2.05, 4.69) is 0 Å². The lowest BCUT2D eigenvalue weighted by Crippen LogP contribution is -2.52. The van der Waals surface area contributed by atoms with Gasteiger partial charge in [-0.1, -0.05) is 30.3 Å². The molecule has 0 bridgehead atoms. The first-order valence-corrected chi connectivity index (χ1v) is 12.1. The summed E-state index contributed by atoms with van der Waals surface area (Å²) in [5.74, 6) is 0. The van der Waals surface area contributed by atoms with Crippen LogP contribution in [0.25, 0.3) is 16.7 Å². The number of nitrogens with two attached hydrogens (primary N) is 4. The lowest BCUT2D eigenvalue weighted by Gasteiger charge is -2.41. The van der Waals surface area contributed by atoms with Crippen molar-refractivity contribution in [3.63, 3.8) is 0 Å². The Hall–Kier alpha value is -4.50. The summed E-state index contributed by atoms with van der Waals surface area (Å²) in [7, 11) is 0. The van der Waals surface area contributed by atoms with Gasteiger partial charge in [0.05, 0.1) is 11.1 Å². The number of alkyl halides is 12. The molecule has 4 rings (SSSR count). The van der Waals surface area contributed by atoms with Gasteiger partial charge >= 0.3 is 24.7 Å². The third-order valence-electron chi connectivity index (χ3n) is 6.57. The topological polar surface area (TPSA) is 104 Å². The molecule has 0 saturated carbocycles. The minimum atomic E-state index is -5.54. The monoisotopic (exact) mass is 642 g/mol. The standard InChI is InChI=1S/C14H10F6N2.C14H12F6N2/c15-13(16,17)11-5-7(21)1-3-9(11)10-4-2-8(22)6-12(10)14(18,19)20;15-13(16,17)12(14(18,19)20)7-10(22)5-6-11(12)8-1-3-9(21)4-2-8/h1-6H,21-22H2;1-6H,7,21-22H2. The van der Waals surface area contributed by atoms with E-state index in [4.69, 9.17) is 22.9 Å². The van der Waals surface area contributed by atoms with Crippen molar-refractivity contribution in [1.29, 1.82) is 0 Å². The summed E-state index contributed by atoms with van der Waals surface area (Å²) in [6, 6.07) is 10.0. The SMILES string of the molecule is NC1=CC=C(c2ccc(N)cc2)C(C(F)(F)F)(C(F)(F)F)C1.Nc1ccc(-c2ccc(N)cc2C(F)(F)F)c(C(F)(F)F)c1. The van der Waals surface area contributed by atoms with Gasteiger partial charge in [0.2, 0.25) is 0 Å². The van der Waals surface area contributed by atoms with Gasteiger partial charge < -0.3 is 22.9 Å². The minimum absolute atomic E-state index is 0.194. The summed E-state index contributed by atoms with van der Waals surface area (Å²) in [6.45, 7) is 0. The zero-order valence-corrected chi connectivity index (χ0v) is 22.0. The lowest BCUT2D eigenvalue weighted by atomic mass is 9.69. The average Bonchev–Trinajstić information content (AvgIpc) is 2.87. The number of hydrogen-bond acceptors (Lipinski definition) is 4. The van der Waals surface area contributed by atoms with Crippen LogP contribution in [0.5, 0.6) is 0 Å². The molecule has 0 aliphatic heterocycles. The Kier molecular flexibility index (Phi) is 8.91. The van der Waals surface area contributed by atoms with Gasteiger partial charge in [-0.2, -0.15) is 52.7 Å². The maximum atomic E-state index is 13.4. The van der Waals surface area contributed by atoms with Crippen molar-refractivity contribution in [2.45, 2.75) is 31.1 Å². The van der Waals surface area contributed by atoms with Crippen LogP contribution in [0.2, 0.25) is 0 Å². The summed E-state index contributed by atoms with van der Waals surface area (Å²) < 4.78 is 159. The quantitative estimate of drug-likeness (QED) is 0.166. The van der Waals surface area contributed by atoms with Crippen LogP contribution in [-0.4, -0.2) is 12.4 Å². The predicted octanol–water partition coefficient (Wildman–Crippen LogP) is 8.57. The third kappa shape index (κ3) is 6.83. The second-order valence-corrected chi connectivity index (χ2v) is 9.63. The summed E-state index contributed by atoms with van der Waals surface area (Å²) in [6.07, 6.45) is -20.3. The van der Waals surface area contributed by atoms with Gasteiger partial charge in [-0.15, -0.1) is 0 Å². The van der Waals surface area contributed by atoms with Gasteiger partial charge in [-0.05, 0) is 64.7 Å². The molecule has 0 aromatic heterocycles. The van der Waals surface area contributed by atoms with E-state index in [1.165, 1.54) is 12.1 Å². The normalized spacial score (nSPS) is 15.5. The number of anilines is 3. The fraction of sp³-hybridized carbons (Fsp3) is 0.214. The Bertz CT molecular complexity index is 1490. The highest BCUT2D eigenvalue weighted by Gasteiger charge is 2.72. The van der Waals surface area contributed by atoms with E-state index in [0.717, 1.165) is 48.6 Å². The van der Waals surface area contributed by atoms with Crippen LogP contribution in [0.4, 0.5) is 69.7 Å². The van der Waals surface area contributed by atoms with Crippen molar-refractivity contribution in [2.24, 2.45) is 11.1 Å². The number of allylic oxidation sites excluding steroid dienone is 4. The van der Waals surface area contributed by atoms with Crippen molar-refractivity contribution in [3.8, 4) is 11.1 Å². The molecule has 1 aliphatic rings. The number of benzene rings is 3. The molecule has 1 aliphatic carbocycles. The zero-order valence-electron chi connectivity index (χ0n) is 22.0. The Morgan fingerprint density at radius 1 is 0.500 bits per heavy atom. The molecule has 0 atom stereocenters. The van der Waals surface area contributed by atoms with Crippen molar-refractivity contribution in [1.82, 2.24) is 0 Å². The Labute approximate surface area is 241 Å². The van der Waals surface area contributed by atoms with Gasteiger partial charge in [0.25, 0.3) is 0 Å². The second kappa shape index (κ2) is 11.5. The van der Waals surface area contributed by atoms with Crippen LogP contribution in [0.15, 0.2) is 78.5 Å². The molecular formula is C28H22F12N4. The van der Waals surface area contributed by atoms with Gasteiger partial charge in [0.15, 0.2) is 5.41 Å². The zero-order chi connectivity index (χ0) is 33.5. The van der Waals surface area contributed by atoms with Crippen LogP contribution in [0.1, 0.15) is 23.1 Å².